The highest BCUT2D eigenvalue weighted by Gasteiger charge is 2.61. The van der Waals surface area contributed by atoms with E-state index in [1.54, 1.807) is 113 Å². The van der Waals surface area contributed by atoms with Gasteiger partial charge in [-0.15, -0.1) is 0 Å². The zero-order chi connectivity index (χ0) is 64.8. The second-order valence-corrected chi connectivity index (χ2v) is 22.6. The zero-order valence-electron chi connectivity index (χ0n) is 51.1. The van der Waals surface area contributed by atoms with Crippen LogP contribution in [0.2, 0.25) is 0 Å². The molecule has 30 nitrogen and oxygen atoms in total. The number of carbonyl (C=O) groups is 10. The van der Waals surface area contributed by atoms with Crippen molar-refractivity contribution in [2.24, 2.45) is 66.6 Å². The minimum absolute atomic E-state index is 0.00506. The molecule has 10 rings (SSSR count). The Morgan fingerprint density at radius 3 is 1.70 bits per heavy atom. The summed E-state index contributed by atoms with van der Waals surface area (Å²) in [6.45, 7) is 6.18. The zero-order valence-corrected chi connectivity index (χ0v) is 51.1. The van der Waals surface area contributed by atoms with Crippen molar-refractivity contribution in [2.45, 2.75) is 39.7 Å². The normalized spacial score (nSPS) is 17.5. The monoisotopic (exact) mass is 1230 g/mol. The highest BCUT2D eigenvalue weighted by molar-refractivity contribution is 6.09. The fraction of sp³-hybridized carbons (Fsp3) is 0.317. The number of anilines is 6. The van der Waals surface area contributed by atoms with E-state index in [4.69, 9.17) is 4.74 Å². The molecule has 30 heteroatoms. The molecular weight excluding hydrogens is 1160 g/mol. The number of likely N-dealkylation sites (tertiary alicyclic amines) is 1. The van der Waals surface area contributed by atoms with Gasteiger partial charge < -0.3 is 84.1 Å². The maximum absolute atomic E-state index is 13.9. The molecule has 8 amide bonds. The summed E-state index contributed by atoms with van der Waals surface area (Å²) in [7, 11) is 12.8. The van der Waals surface area contributed by atoms with Crippen molar-refractivity contribution in [3.63, 3.8) is 0 Å². The number of nitrogens with one attached hydrogen (secondary N) is 8. The van der Waals surface area contributed by atoms with Crippen molar-refractivity contribution in [1.82, 2.24) is 62.5 Å². The predicted molar refractivity (Wildman–Crippen MR) is 327 cm³/mol. The van der Waals surface area contributed by atoms with E-state index in [9.17, 15) is 47.9 Å². The highest BCUT2D eigenvalue weighted by Crippen LogP contribution is 2.57. The Kier molecular flexibility index (Phi) is 16.8. The number of allylic oxidation sites excluding steroid dienone is 2. The molecule has 2 aliphatic heterocycles. The van der Waals surface area contributed by atoms with Gasteiger partial charge in [0, 0.05) is 159 Å². The number of aromatic nitrogens is 10. The molecule has 468 valence electrons. The Bertz CT molecular complexity index is 4250. The number of imidazole rings is 3. The third kappa shape index (κ3) is 12.1. The lowest BCUT2D eigenvalue weighted by Crippen LogP contribution is -2.50. The number of ether oxygens (including phenoxy) is 1. The van der Waals surface area contributed by atoms with Crippen molar-refractivity contribution >= 4 is 99.5 Å². The summed E-state index contributed by atoms with van der Waals surface area (Å²) >= 11 is 0. The number of esters is 1. The first-order chi connectivity index (χ1) is 42.7. The van der Waals surface area contributed by atoms with E-state index in [1.807, 2.05) is 13.8 Å². The molecular formula is C60H67N19O11. The van der Waals surface area contributed by atoms with Gasteiger partial charge in [0.2, 0.25) is 17.6 Å². The molecule has 0 radical (unpaired) electrons. The van der Waals surface area contributed by atoms with Crippen LogP contribution in [-0.4, -0.2) is 137 Å². The number of carbonyl (C=O) groups excluding carboxylic acids is 10. The molecule has 0 saturated carbocycles. The van der Waals surface area contributed by atoms with Crippen LogP contribution in [0.4, 0.5) is 34.4 Å². The average molecular weight is 1230 g/mol. The van der Waals surface area contributed by atoms with E-state index < -0.39 is 64.7 Å². The van der Waals surface area contributed by atoms with Crippen LogP contribution < -0.4 is 42.5 Å². The first-order valence-corrected chi connectivity index (χ1v) is 28.4. The first-order valence-electron chi connectivity index (χ1n) is 28.4. The van der Waals surface area contributed by atoms with E-state index >= 15 is 0 Å². The van der Waals surface area contributed by atoms with Crippen LogP contribution >= 0.6 is 0 Å². The Hall–Kier alpha value is -11.3. The van der Waals surface area contributed by atoms with Crippen LogP contribution in [-0.2, 0) is 73.2 Å². The van der Waals surface area contributed by atoms with Gasteiger partial charge in [-0.3, -0.25) is 43.2 Å². The lowest BCUT2D eigenvalue weighted by molar-refractivity contribution is -0.137. The largest absolute Gasteiger partial charge is 0.466 e. The van der Waals surface area contributed by atoms with Crippen molar-refractivity contribution in [2.75, 3.05) is 52.1 Å². The van der Waals surface area contributed by atoms with Crippen LogP contribution in [0.15, 0.2) is 103 Å². The van der Waals surface area contributed by atoms with Crippen LogP contribution in [0.3, 0.4) is 0 Å². The van der Waals surface area contributed by atoms with Crippen LogP contribution in [0, 0.1) is 17.3 Å². The summed E-state index contributed by atoms with van der Waals surface area (Å²) in [5, 5.41) is 22.3. The van der Waals surface area contributed by atoms with Gasteiger partial charge in [-0.2, -0.15) is 0 Å². The van der Waals surface area contributed by atoms with Crippen molar-refractivity contribution < 1.29 is 52.7 Å². The van der Waals surface area contributed by atoms with E-state index in [0.717, 1.165) is 0 Å². The van der Waals surface area contributed by atoms with E-state index in [1.165, 1.54) is 78.9 Å². The summed E-state index contributed by atoms with van der Waals surface area (Å²) in [6, 6.07) is 5.50. The lowest BCUT2D eigenvalue weighted by Gasteiger charge is -2.42. The first kappa shape index (κ1) is 61.7. The smallest absolute Gasteiger partial charge is 0.335 e. The summed E-state index contributed by atoms with van der Waals surface area (Å²) < 4.78 is 15.8. The van der Waals surface area contributed by atoms with Gasteiger partial charge in [0.05, 0.1) is 41.5 Å². The molecule has 9 heterocycles. The molecule has 7 aromatic rings. The Morgan fingerprint density at radius 2 is 1.16 bits per heavy atom. The summed E-state index contributed by atoms with van der Waals surface area (Å²) in [5.41, 5.74) is 3.38. The Labute approximate surface area is 514 Å². The Balaban J connectivity index is 0.661. The number of fused-ring (bicyclic) bond motifs is 3. The molecule has 1 saturated heterocycles. The van der Waals surface area contributed by atoms with Gasteiger partial charge in [0.1, 0.15) is 17.1 Å². The minimum Gasteiger partial charge on any atom is -0.466 e. The molecule has 0 spiro atoms. The quantitative estimate of drug-likeness (QED) is 0.0326. The molecule has 8 N–H and O–H groups in total. The van der Waals surface area contributed by atoms with Gasteiger partial charge in [-0.05, 0) is 49.6 Å². The summed E-state index contributed by atoms with van der Waals surface area (Å²) in [4.78, 5) is 147. The number of aryl methyl sites for hydroxylation is 7. The number of rotatable bonds is 19. The molecule has 1 aliphatic carbocycles. The van der Waals surface area contributed by atoms with E-state index in [2.05, 4.69) is 57.5 Å². The van der Waals surface area contributed by atoms with E-state index in [0.29, 0.717) is 52.0 Å². The van der Waals surface area contributed by atoms with Crippen molar-refractivity contribution in [3.05, 3.63) is 143 Å². The predicted octanol–water partition coefficient (Wildman–Crippen LogP) is 3.65. The molecule has 2 unspecified atom stereocenters. The molecule has 90 heavy (non-hydrogen) atoms. The van der Waals surface area contributed by atoms with Crippen LogP contribution in [0.1, 0.15) is 103 Å². The number of methoxy groups -OCH3 is 1. The Morgan fingerprint density at radius 1 is 0.644 bits per heavy atom. The van der Waals surface area contributed by atoms with Gasteiger partial charge in [0.15, 0.2) is 23.2 Å². The third-order valence-corrected chi connectivity index (χ3v) is 16.4. The highest BCUT2D eigenvalue weighted by atomic mass is 16.5. The molecule has 7 aromatic heterocycles. The van der Waals surface area contributed by atoms with Crippen molar-refractivity contribution in [1.29, 1.82) is 0 Å². The lowest BCUT2D eigenvalue weighted by atomic mass is 9.61. The molecule has 3 aliphatic rings. The topological polar surface area (TPSA) is 353 Å². The number of hydrogen-bond donors (Lipinski definition) is 8. The maximum atomic E-state index is 13.9. The van der Waals surface area contributed by atoms with Gasteiger partial charge in [-0.25, -0.2) is 19.7 Å². The standard InChI is InChI=1S/C60H67N19O11/c1-31-24-79(42-23-41(80)49-48(60(31,42)3)47(32(2)63-49)59(89)90-11)46(82)15-14-37-19-33(25-73(37)5)64-54(84)39-21-35(27-75(39)7)66-57(87)51-69-43(29-77(51)9)68-45(81)13-12-16-62-53(83)38-20-34(26-74(38)6)65-55(85)40-22-36(28-76(40)8)67-58(88)52-70-44(30-78(52)10)71-56(86)50-61-17-18-72(50)4/h14-15,17-23,25-31,48-49,63H,12-13,16,24H2,1-11H3,(H,62,83)(H,64,84)(H,65,85)(H,66,87)(H,67,88)(H,68,81)(H,71,86)/b15-14+/t31-,48?,49?,60+/m1/s1. The second kappa shape index (κ2) is 24.4. The van der Waals surface area contributed by atoms with Crippen LogP contribution in [0.25, 0.3) is 6.08 Å². The molecule has 0 aromatic carbocycles. The van der Waals surface area contributed by atoms with Gasteiger partial charge in [0.25, 0.3) is 41.4 Å². The molecule has 1 fully saturated rings. The van der Waals surface area contributed by atoms with E-state index in [-0.39, 0.29) is 83.2 Å². The maximum Gasteiger partial charge on any atom is 0.335 e. The molecule has 4 atom stereocenters. The van der Waals surface area contributed by atoms with Crippen molar-refractivity contribution in [3.8, 4) is 0 Å². The van der Waals surface area contributed by atoms with Crippen LogP contribution in [0.5, 0.6) is 0 Å². The average Bonchev–Trinajstić information content (AvgIpc) is 1.53. The minimum atomic E-state index is -0.715. The fourth-order valence-corrected chi connectivity index (χ4v) is 11.7. The second-order valence-electron chi connectivity index (χ2n) is 22.6. The summed E-state index contributed by atoms with van der Waals surface area (Å²) in [6.07, 6.45) is 17.2. The third-order valence-electron chi connectivity index (χ3n) is 16.4. The summed E-state index contributed by atoms with van der Waals surface area (Å²) in [5.74, 6) is -4.95. The number of hydrogen-bond acceptors (Lipinski definition) is 15. The van der Waals surface area contributed by atoms with Gasteiger partial charge >= 0.3 is 5.97 Å². The number of nitrogens with zero attached hydrogens (tertiary/aromatic N) is 11. The molecule has 0 bridgehead atoms. The fourth-order valence-electron chi connectivity index (χ4n) is 11.7. The number of ketones is 1. The number of amides is 8. The SMILES string of the molecule is COC(=O)C1=C(C)NC2C(=O)C=C3N(C(=O)/C=C/c4cc(NC(=O)c5cc(NC(=O)c6nc(NC(=O)CCCNC(=O)c7cc(NC(=O)c8cc(NC(=O)c9nc(NC(=O)c%10nccn%10C)cn9C)cn8C)cn7C)cn6C)cn5C)cn4C)C[C@@H](C)[C@]3(C)C12. The van der Waals surface area contributed by atoms with Gasteiger partial charge in [-0.1, -0.05) is 13.8 Å².